The van der Waals surface area contributed by atoms with Crippen LogP contribution >= 0.6 is 0 Å². The van der Waals surface area contributed by atoms with Crippen molar-refractivity contribution in [1.82, 2.24) is 4.98 Å². The molecular weight excluding hydrogens is 254 g/mol. The third kappa shape index (κ3) is 2.52. The van der Waals surface area contributed by atoms with E-state index in [-0.39, 0.29) is 5.69 Å². The van der Waals surface area contributed by atoms with E-state index in [1.165, 1.54) is 6.07 Å². The lowest BCUT2D eigenvalue weighted by molar-refractivity contribution is 0.0995. The maximum absolute atomic E-state index is 11.2. The number of nitrogens with two attached hydrogens (primary N) is 2. The first-order valence-corrected chi connectivity index (χ1v) is 5.83. The number of benzene rings is 1. The average Bonchev–Trinajstić information content (AvgIpc) is 2.47. The minimum Gasteiger partial charge on any atom is -0.396 e. The van der Waals surface area contributed by atoms with Crippen LogP contribution in [0.3, 0.4) is 0 Å². The third-order valence-electron chi connectivity index (χ3n) is 2.86. The predicted molar refractivity (Wildman–Crippen MR) is 76.4 cm³/mol. The molecule has 0 aliphatic rings. The summed E-state index contributed by atoms with van der Waals surface area (Å²) >= 11 is 0. The Kier molecular flexibility index (Phi) is 3.53. The van der Waals surface area contributed by atoms with Gasteiger partial charge >= 0.3 is 0 Å². The summed E-state index contributed by atoms with van der Waals surface area (Å²) in [5.41, 5.74) is 13.0. The zero-order chi connectivity index (χ0) is 14.7. The molecule has 6 nitrogen and oxygen atoms in total. The van der Waals surface area contributed by atoms with Crippen molar-refractivity contribution >= 4 is 23.1 Å². The molecule has 4 N–H and O–H groups in total. The monoisotopic (exact) mass is 267 g/mol. The molecule has 2 rings (SSSR count). The number of nitrogen functional groups attached to an aromatic ring is 1. The van der Waals surface area contributed by atoms with Crippen LogP contribution in [-0.2, 0) is 0 Å². The molecule has 0 saturated heterocycles. The Morgan fingerprint density at radius 2 is 1.90 bits per heavy atom. The summed E-state index contributed by atoms with van der Waals surface area (Å²) in [5, 5.41) is 8.78. The summed E-state index contributed by atoms with van der Waals surface area (Å²) < 4.78 is 0. The number of primary amides is 1. The van der Waals surface area contributed by atoms with Crippen LogP contribution in [0.25, 0.3) is 0 Å². The molecule has 6 heteroatoms. The number of anilines is 3. The zero-order valence-corrected chi connectivity index (χ0v) is 10.9. The molecule has 2 aromatic rings. The molecule has 0 radical (unpaired) electrons. The zero-order valence-electron chi connectivity index (χ0n) is 10.9. The first kappa shape index (κ1) is 13.4. The van der Waals surface area contributed by atoms with Gasteiger partial charge in [0.2, 0.25) is 0 Å². The van der Waals surface area contributed by atoms with E-state index in [1.807, 2.05) is 6.07 Å². The molecule has 0 unspecified atom stereocenters. The SMILES string of the molecule is CN(c1ccc(C#N)cc1)c1nc(C(N)=O)ccc1N. The van der Waals surface area contributed by atoms with E-state index < -0.39 is 5.91 Å². The van der Waals surface area contributed by atoms with E-state index in [0.717, 1.165) is 5.69 Å². The Morgan fingerprint density at radius 3 is 2.45 bits per heavy atom. The highest BCUT2D eigenvalue weighted by molar-refractivity contribution is 5.92. The van der Waals surface area contributed by atoms with Crippen molar-refractivity contribution in [2.75, 3.05) is 17.7 Å². The summed E-state index contributed by atoms with van der Waals surface area (Å²) in [5.74, 6) is -0.175. The quantitative estimate of drug-likeness (QED) is 0.873. The van der Waals surface area contributed by atoms with Gasteiger partial charge in [0.05, 0.1) is 17.3 Å². The smallest absolute Gasteiger partial charge is 0.267 e. The van der Waals surface area contributed by atoms with Gasteiger partial charge in [-0.2, -0.15) is 5.26 Å². The van der Waals surface area contributed by atoms with Crippen molar-refractivity contribution < 1.29 is 4.79 Å². The van der Waals surface area contributed by atoms with E-state index in [0.29, 0.717) is 17.1 Å². The minimum absolute atomic E-state index is 0.148. The molecule has 0 saturated carbocycles. The maximum atomic E-state index is 11.2. The Balaban J connectivity index is 2.41. The summed E-state index contributed by atoms with van der Waals surface area (Å²) in [6, 6.07) is 12.1. The van der Waals surface area contributed by atoms with Crippen molar-refractivity contribution in [3.63, 3.8) is 0 Å². The van der Waals surface area contributed by atoms with Gasteiger partial charge in [0.15, 0.2) is 5.82 Å². The number of nitrogens with zero attached hydrogens (tertiary/aromatic N) is 3. The van der Waals surface area contributed by atoms with Gasteiger partial charge < -0.3 is 16.4 Å². The molecule has 1 heterocycles. The van der Waals surface area contributed by atoms with Gasteiger partial charge in [0.1, 0.15) is 5.69 Å². The number of rotatable bonds is 3. The number of nitriles is 1. The van der Waals surface area contributed by atoms with Crippen LogP contribution < -0.4 is 16.4 Å². The van der Waals surface area contributed by atoms with Gasteiger partial charge in [0, 0.05) is 12.7 Å². The molecule has 0 atom stereocenters. The fraction of sp³-hybridized carbons (Fsp3) is 0.0714. The first-order chi connectivity index (χ1) is 9.52. The summed E-state index contributed by atoms with van der Waals surface area (Å²) in [7, 11) is 1.77. The normalized spacial score (nSPS) is 9.80. The van der Waals surface area contributed by atoms with E-state index in [2.05, 4.69) is 4.98 Å². The van der Waals surface area contributed by atoms with Gasteiger partial charge in [-0.1, -0.05) is 0 Å². The molecule has 0 aliphatic carbocycles. The van der Waals surface area contributed by atoms with Crippen LogP contribution in [0.2, 0.25) is 0 Å². The molecule has 100 valence electrons. The molecule has 0 spiro atoms. The number of aromatic nitrogens is 1. The van der Waals surface area contributed by atoms with Crippen molar-refractivity contribution in [2.45, 2.75) is 0 Å². The molecule has 20 heavy (non-hydrogen) atoms. The minimum atomic E-state index is -0.612. The van der Waals surface area contributed by atoms with Gasteiger partial charge in [-0.05, 0) is 36.4 Å². The molecule has 0 fully saturated rings. The van der Waals surface area contributed by atoms with Crippen LogP contribution in [0.5, 0.6) is 0 Å². The number of hydrogen-bond acceptors (Lipinski definition) is 5. The average molecular weight is 267 g/mol. The molecule has 1 aromatic heterocycles. The second kappa shape index (κ2) is 5.28. The topological polar surface area (TPSA) is 109 Å². The standard InChI is InChI=1S/C14H13N5O/c1-19(10-4-2-9(8-15)3-5-10)14-11(16)6-7-12(18-14)13(17)20/h2-7H,16H2,1H3,(H2,17,20). The highest BCUT2D eigenvalue weighted by Gasteiger charge is 2.12. The lowest BCUT2D eigenvalue weighted by Crippen LogP contribution is -2.18. The Labute approximate surface area is 116 Å². The number of carbonyl (C=O) groups excluding carboxylic acids is 1. The number of carbonyl (C=O) groups is 1. The lowest BCUT2D eigenvalue weighted by Gasteiger charge is -2.20. The summed E-state index contributed by atoms with van der Waals surface area (Å²) in [6.45, 7) is 0. The van der Waals surface area contributed by atoms with Crippen LogP contribution in [-0.4, -0.2) is 17.9 Å². The van der Waals surface area contributed by atoms with E-state index in [1.54, 1.807) is 42.3 Å². The Bertz CT molecular complexity index is 688. The fourth-order valence-corrected chi connectivity index (χ4v) is 1.75. The van der Waals surface area contributed by atoms with Crippen molar-refractivity contribution in [3.05, 3.63) is 47.7 Å². The first-order valence-electron chi connectivity index (χ1n) is 5.83. The van der Waals surface area contributed by atoms with E-state index >= 15 is 0 Å². The predicted octanol–water partition coefficient (Wildman–Crippen LogP) is 1.40. The van der Waals surface area contributed by atoms with E-state index in [9.17, 15) is 4.79 Å². The molecule has 0 bridgehead atoms. The van der Waals surface area contributed by atoms with Gasteiger partial charge in [-0.3, -0.25) is 4.79 Å². The molecule has 1 aromatic carbocycles. The molecule has 0 aliphatic heterocycles. The second-order valence-corrected chi connectivity index (χ2v) is 4.19. The second-order valence-electron chi connectivity index (χ2n) is 4.19. The summed E-state index contributed by atoms with van der Waals surface area (Å²) in [6.07, 6.45) is 0. The van der Waals surface area contributed by atoms with Crippen LogP contribution in [0.4, 0.5) is 17.2 Å². The van der Waals surface area contributed by atoms with Gasteiger partial charge in [-0.15, -0.1) is 0 Å². The van der Waals surface area contributed by atoms with Crippen molar-refractivity contribution in [1.29, 1.82) is 5.26 Å². The maximum Gasteiger partial charge on any atom is 0.267 e. The van der Waals surface area contributed by atoms with Gasteiger partial charge in [-0.25, -0.2) is 4.98 Å². The molecular formula is C14H13N5O. The van der Waals surface area contributed by atoms with Gasteiger partial charge in [0.25, 0.3) is 5.91 Å². The van der Waals surface area contributed by atoms with Crippen LogP contribution in [0.15, 0.2) is 36.4 Å². The summed E-state index contributed by atoms with van der Waals surface area (Å²) in [4.78, 5) is 17.0. The van der Waals surface area contributed by atoms with Crippen molar-refractivity contribution in [3.8, 4) is 6.07 Å². The fourth-order valence-electron chi connectivity index (χ4n) is 1.75. The number of amides is 1. The Hall–Kier alpha value is -3.07. The highest BCUT2D eigenvalue weighted by Crippen LogP contribution is 2.27. The highest BCUT2D eigenvalue weighted by atomic mass is 16.1. The van der Waals surface area contributed by atoms with E-state index in [4.69, 9.17) is 16.7 Å². The Morgan fingerprint density at radius 1 is 1.25 bits per heavy atom. The van der Waals surface area contributed by atoms with Crippen LogP contribution in [0, 0.1) is 11.3 Å². The largest absolute Gasteiger partial charge is 0.396 e. The van der Waals surface area contributed by atoms with Crippen LogP contribution in [0.1, 0.15) is 16.1 Å². The third-order valence-corrected chi connectivity index (χ3v) is 2.86. The molecule has 1 amide bonds. The van der Waals surface area contributed by atoms with Crippen molar-refractivity contribution in [2.24, 2.45) is 5.73 Å². The number of hydrogen-bond donors (Lipinski definition) is 2. The lowest BCUT2D eigenvalue weighted by atomic mass is 10.2. The number of pyridine rings is 1.